The zero-order chi connectivity index (χ0) is 14.1. The van der Waals surface area contributed by atoms with Gasteiger partial charge in [-0.05, 0) is 59.8 Å². The molecule has 3 aromatic rings. The lowest BCUT2D eigenvalue weighted by atomic mass is 10.2. The minimum Gasteiger partial charge on any atom is -0.359 e. The highest BCUT2D eigenvalue weighted by atomic mass is 127. The third-order valence-corrected chi connectivity index (χ3v) is 4.11. The molecule has 0 aliphatic rings. The Labute approximate surface area is 130 Å². The number of carbonyl (C=O) groups excluding carboxylic acids is 1. The quantitative estimate of drug-likeness (QED) is 0.643. The van der Waals surface area contributed by atoms with Crippen LogP contribution in [0.25, 0.3) is 10.9 Å². The molecule has 20 heavy (non-hydrogen) atoms. The summed E-state index contributed by atoms with van der Waals surface area (Å²) in [5.41, 5.74) is 3.63. The van der Waals surface area contributed by atoms with Crippen molar-refractivity contribution in [2.75, 3.05) is 5.32 Å². The number of amides is 1. The molecule has 0 atom stereocenters. The summed E-state index contributed by atoms with van der Waals surface area (Å²) in [6.07, 6.45) is 0. The molecule has 0 radical (unpaired) electrons. The number of hydrogen-bond donors (Lipinski definition) is 2. The van der Waals surface area contributed by atoms with Gasteiger partial charge in [0.15, 0.2) is 0 Å². The topological polar surface area (TPSA) is 44.9 Å². The first kappa shape index (κ1) is 13.2. The lowest BCUT2D eigenvalue weighted by Gasteiger charge is -2.08. The van der Waals surface area contributed by atoms with Gasteiger partial charge in [-0.25, -0.2) is 0 Å². The average Bonchev–Trinajstić information content (AvgIpc) is 2.80. The first-order valence-corrected chi connectivity index (χ1v) is 7.37. The van der Waals surface area contributed by atoms with E-state index >= 15 is 0 Å². The Kier molecular flexibility index (Phi) is 3.48. The second kappa shape index (κ2) is 5.28. The average molecular weight is 376 g/mol. The Hall–Kier alpha value is -1.82. The smallest absolute Gasteiger partial charge is 0.256 e. The Morgan fingerprint density at radius 3 is 2.75 bits per heavy atom. The molecule has 0 saturated carbocycles. The summed E-state index contributed by atoms with van der Waals surface area (Å²) in [5.74, 6) is -0.0821. The number of benzene rings is 2. The van der Waals surface area contributed by atoms with Crippen LogP contribution in [0.2, 0.25) is 0 Å². The van der Waals surface area contributed by atoms with Gasteiger partial charge in [-0.1, -0.05) is 18.2 Å². The van der Waals surface area contributed by atoms with Gasteiger partial charge < -0.3 is 10.3 Å². The standard InChI is InChI=1S/C16H13IN2O/c1-10-9-12-14(18-10)7-4-8-15(12)19-16(20)11-5-2-3-6-13(11)17/h2-9,18H,1H3,(H,19,20). The molecular formula is C16H13IN2O. The number of aromatic amines is 1. The van der Waals surface area contributed by atoms with E-state index in [1.54, 1.807) is 0 Å². The van der Waals surface area contributed by atoms with Crippen LogP contribution in [0.15, 0.2) is 48.5 Å². The molecule has 1 heterocycles. The summed E-state index contributed by atoms with van der Waals surface area (Å²) in [6, 6.07) is 15.5. The molecule has 4 heteroatoms. The first-order chi connectivity index (χ1) is 9.65. The molecule has 0 saturated heterocycles. The number of halogens is 1. The van der Waals surface area contributed by atoms with Gasteiger partial charge in [0.25, 0.3) is 5.91 Å². The molecule has 1 amide bonds. The molecule has 3 nitrogen and oxygen atoms in total. The van der Waals surface area contributed by atoms with E-state index in [4.69, 9.17) is 0 Å². The molecule has 0 aliphatic carbocycles. The largest absolute Gasteiger partial charge is 0.359 e. The molecule has 0 aliphatic heterocycles. The number of aromatic nitrogens is 1. The van der Waals surface area contributed by atoms with Gasteiger partial charge in [0, 0.05) is 20.2 Å². The van der Waals surface area contributed by atoms with Crippen molar-refractivity contribution in [2.45, 2.75) is 6.92 Å². The lowest BCUT2D eigenvalue weighted by molar-refractivity contribution is 0.102. The monoisotopic (exact) mass is 376 g/mol. The van der Waals surface area contributed by atoms with E-state index in [2.05, 4.69) is 32.9 Å². The Balaban J connectivity index is 1.97. The molecular weight excluding hydrogens is 363 g/mol. The molecule has 0 fully saturated rings. The van der Waals surface area contributed by atoms with Crippen LogP contribution in [0, 0.1) is 10.5 Å². The fraction of sp³-hybridized carbons (Fsp3) is 0.0625. The predicted octanol–water partition coefficient (Wildman–Crippen LogP) is 4.33. The second-order valence-corrected chi connectivity index (χ2v) is 5.82. The summed E-state index contributed by atoms with van der Waals surface area (Å²) < 4.78 is 0.944. The summed E-state index contributed by atoms with van der Waals surface area (Å²) in [6.45, 7) is 2.01. The Morgan fingerprint density at radius 1 is 1.15 bits per heavy atom. The van der Waals surface area contributed by atoms with Crippen molar-refractivity contribution < 1.29 is 4.79 Å². The van der Waals surface area contributed by atoms with Gasteiger partial charge in [0.1, 0.15) is 0 Å². The predicted molar refractivity (Wildman–Crippen MR) is 90.1 cm³/mol. The van der Waals surface area contributed by atoms with Gasteiger partial charge in [-0.3, -0.25) is 4.79 Å². The Morgan fingerprint density at radius 2 is 1.95 bits per heavy atom. The van der Waals surface area contributed by atoms with E-state index in [0.717, 1.165) is 25.9 Å². The first-order valence-electron chi connectivity index (χ1n) is 6.29. The minimum absolute atomic E-state index is 0.0821. The van der Waals surface area contributed by atoms with Crippen LogP contribution in [0.3, 0.4) is 0 Å². The Bertz CT molecular complexity index is 792. The van der Waals surface area contributed by atoms with Crippen LogP contribution in [-0.2, 0) is 0 Å². The van der Waals surface area contributed by atoms with Gasteiger partial charge in [0.2, 0.25) is 0 Å². The summed E-state index contributed by atoms with van der Waals surface area (Å²) in [5, 5.41) is 4.02. The van der Waals surface area contributed by atoms with Gasteiger partial charge in [-0.2, -0.15) is 0 Å². The molecule has 0 unspecified atom stereocenters. The molecule has 100 valence electrons. The van der Waals surface area contributed by atoms with Crippen LogP contribution in [0.1, 0.15) is 16.1 Å². The maximum Gasteiger partial charge on any atom is 0.256 e. The van der Waals surface area contributed by atoms with Gasteiger partial charge >= 0.3 is 0 Å². The molecule has 1 aromatic heterocycles. The number of rotatable bonds is 2. The number of hydrogen-bond acceptors (Lipinski definition) is 1. The highest BCUT2D eigenvalue weighted by molar-refractivity contribution is 14.1. The molecule has 2 aromatic carbocycles. The van der Waals surface area contributed by atoms with Crippen LogP contribution in [0.4, 0.5) is 5.69 Å². The molecule has 0 bridgehead atoms. The summed E-state index contributed by atoms with van der Waals surface area (Å²) >= 11 is 2.17. The van der Waals surface area contributed by atoms with E-state index in [1.807, 2.05) is 55.5 Å². The van der Waals surface area contributed by atoms with E-state index in [1.165, 1.54) is 0 Å². The number of carbonyl (C=O) groups is 1. The maximum atomic E-state index is 12.4. The van der Waals surface area contributed by atoms with Crippen molar-refractivity contribution in [2.24, 2.45) is 0 Å². The van der Waals surface area contributed by atoms with Crippen molar-refractivity contribution in [1.29, 1.82) is 0 Å². The second-order valence-electron chi connectivity index (χ2n) is 4.65. The van der Waals surface area contributed by atoms with Crippen LogP contribution in [0.5, 0.6) is 0 Å². The minimum atomic E-state index is -0.0821. The van der Waals surface area contributed by atoms with E-state index in [-0.39, 0.29) is 5.91 Å². The van der Waals surface area contributed by atoms with Gasteiger partial charge in [-0.15, -0.1) is 0 Å². The van der Waals surface area contributed by atoms with Crippen molar-refractivity contribution >= 4 is 45.1 Å². The number of aryl methyl sites for hydroxylation is 1. The zero-order valence-electron chi connectivity index (χ0n) is 10.9. The van der Waals surface area contributed by atoms with Crippen molar-refractivity contribution in [3.63, 3.8) is 0 Å². The highest BCUT2D eigenvalue weighted by Crippen LogP contribution is 2.25. The lowest BCUT2D eigenvalue weighted by Crippen LogP contribution is -2.13. The van der Waals surface area contributed by atoms with Crippen molar-refractivity contribution in [3.05, 3.63) is 63.4 Å². The summed E-state index contributed by atoms with van der Waals surface area (Å²) in [7, 11) is 0. The van der Waals surface area contributed by atoms with E-state index in [9.17, 15) is 4.79 Å². The fourth-order valence-electron chi connectivity index (χ4n) is 2.24. The summed E-state index contributed by atoms with van der Waals surface area (Å²) in [4.78, 5) is 15.6. The molecule has 0 spiro atoms. The van der Waals surface area contributed by atoms with E-state index < -0.39 is 0 Å². The SMILES string of the molecule is Cc1cc2c(NC(=O)c3ccccc3I)cccc2[nH]1. The highest BCUT2D eigenvalue weighted by Gasteiger charge is 2.11. The number of nitrogens with one attached hydrogen (secondary N) is 2. The maximum absolute atomic E-state index is 12.4. The third-order valence-electron chi connectivity index (χ3n) is 3.17. The van der Waals surface area contributed by atoms with Crippen molar-refractivity contribution in [1.82, 2.24) is 4.98 Å². The van der Waals surface area contributed by atoms with E-state index in [0.29, 0.717) is 5.56 Å². The number of H-pyrrole nitrogens is 1. The van der Waals surface area contributed by atoms with Crippen LogP contribution in [-0.4, -0.2) is 10.9 Å². The van der Waals surface area contributed by atoms with Gasteiger partial charge in [0.05, 0.1) is 11.3 Å². The normalized spacial score (nSPS) is 10.7. The van der Waals surface area contributed by atoms with Crippen LogP contribution >= 0.6 is 22.6 Å². The molecule has 2 N–H and O–H groups in total. The number of fused-ring (bicyclic) bond motifs is 1. The zero-order valence-corrected chi connectivity index (χ0v) is 13.1. The molecule has 3 rings (SSSR count). The number of anilines is 1. The van der Waals surface area contributed by atoms with Crippen LogP contribution < -0.4 is 5.32 Å². The fourth-order valence-corrected chi connectivity index (χ4v) is 2.87. The third kappa shape index (κ3) is 2.43. The van der Waals surface area contributed by atoms with Crippen molar-refractivity contribution in [3.8, 4) is 0 Å².